The quantitative estimate of drug-likeness (QED) is 0.849. The minimum absolute atomic E-state index is 0.249. The van der Waals surface area contributed by atoms with Gasteiger partial charge >= 0.3 is 0 Å². The fourth-order valence-electron chi connectivity index (χ4n) is 3.18. The predicted octanol–water partition coefficient (Wildman–Crippen LogP) is 3.72. The van der Waals surface area contributed by atoms with Crippen molar-refractivity contribution in [2.75, 3.05) is 25.0 Å². The molecule has 122 valence electrons. The van der Waals surface area contributed by atoms with E-state index in [1.54, 1.807) is 0 Å². The maximum Gasteiger partial charge on any atom is 0.227 e. The Balaban J connectivity index is 1.96. The molecule has 1 amide bonds. The van der Waals surface area contributed by atoms with Gasteiger partial charge in [0.1, 0.15) is 0 Å². The lowest BCUT2D eigenvalue weighted by Crippen LogP contribution is -2.48. The van der Waals surface area contributed by atoms with Gasteiger partial charge in [0.2, 0.25) is 5.91 Å². The number of rotatable bonds is 3. The van der Waals surface area contributed by atoms with E-state index in [0.717, 1.165) is 32.4 Å². The van der Waals surface area contributed by atoms with Crippen LogP contribution in [0.3, 0.4) is 0 Å². The predicted molar refractivity (Wildman–Crippen MR) is 93.3 cm³/mol. The van der Waals surface area contributed by atoms with Crippen LogP contribution in [0.25, 0.3) is 0 Å². The molecule has 1 heterocycles. The van der Waals surface area contributed by atoms with Crippen molar-refractivity contribution in [3.05, 3.63) is 29.8 Å². The van der Waals surface area contributed by atoms with E-state index < -0.39 is 0 Å². The number of anilines is 1. The second-order valence-corrected chi connectivity index (χ2v) is 7.41. The number of carbonyl (C=O) groups excluding carboxylic acids is 1. The lowest BCUT2D eigenvalue weighted by molar-refractivity contribution is -0.140. The van der Waals surface area contributed by atoms with Gasteiger partial charge in [0, 0.05) is 37.3 Å². The highest BCUT2D eigenvalue weighted by atomic mass is 16.2. The molecule has 1 saturated heterocycles. The molecule has 3 heteroatoms. The normalized spacial score (nSPS) is 16.7. The molecule has 0 N–H and O–H groups in total. The first-order valence-electron chi connectivity index (χ1n) is 8.44. The fourth-order valence-corrected chi connectivity index (χ4v) is 3.18. The summed E-state index contributed by atoms with van der Waals surface area (Å²) in [6, 6.07) is 9.20. The molecule has 1 aromatic carbocycles. The minimum atomic E-state index is -0.290. The number of amides is 1. The molecule has 0 radical (unpaired) electrons. The maximum absolute atomic E-state index is 12.4. The van der Waals surface area contributed by atoms with Gasteiger partial charge in [-0.3, -0.25) is 4.79 Å². The Labute approximate surface area is 135 Å². The molecule has 0 aliphatic carbocycles. The van der Waals surface area contributed by atoms with E-state index in [1.807, 2.05) is 32.7 Å². The Morgan fingerprint density at radius 3 is 2.45 bits per heavy atom. The van der Waals surface area contributed by atoms with Gasteiger partial charge in [-0.15, -0.1) is 0 Å². The lowest BCUT2D eigenvalue weighted by Gasteiger charge is -2.39. The third-order valence-electron chi connectivity index (χ3n) is 4.66. The summed E-state index contributed by atoms with van der Waals surface area (Å²) in [4.78, 5) is 16.8. The first-order chi connectivity index (χ1) is 10.3. The summed E-state index contributed by atoms with van der Waals surface area (Å²) in [5.74, 6) is 0.249. The van der Waals surface area contributed by atoms with E-state index in [1.165, 1.54) is 11.3 Å². The number of piperidine rings is 1. The van der Waals surface area contributed by atoms with Crippen LogP contribution in [0.1, 0.15) is 46.1 Å². The molecular formula is C19H30N2O. The van der Waals surface area contributed by atoms with Crippen molar-refractivity contribution in [1.82, 2.24) is 4.90 Å². The molecule has 1 fully saturated rings. The highest BCUT2D eigenvalue weighted by molar-refractivity contribution is 5.81. The average molecular weight is 302 g/mol. The van der Waals surface area contributed by atoms with Crippen LogP contribution in [0.4, 0.5) is 5.69 Å². The van der Waals surface area contributed by atoms with Crippen LogP contribution in [0.5, 0.6) is 0 Å². The summed E-state index contributed by atoms with van der Waals surface area (Å²) in [6.45, 7) is 10.2. The summed E-state index contributed by atoms with van der Waals surface area (Å²) in [7, 11) is 1.96. The van der Waals surface area contributed by atoms with Crippen LogP contribution in [0.2, 0.25) is 0 Å². The molecule has 3 nitrogen and oxygen atoms in total. The van der Waals surface area contributed by atoms with Gasteiger partial charge in [0.05, 0.1) is 0 Å². The molecule has 22 heavy (non-hydrogen) atoms. The number of aryl methyl sites for hydroxylation is 1. The van der Waals surface area contributed by atoms with E-state index >= 15 is 0 Å². The lowest BCUT2D eigenvalue weighted by atomic mass is 9.92. The van der Waals surface area contributed by atoms with Crippen molar-refractivity contribution in [2.24, 2.45) is 5.41 Å². The first-order valence-corrected chi connectivity index (χ1v) is 8.44. The number of benzene rings is 1. The van der Waals surface area contributed by atoms with Gasteiger partial charge in [0.25, 0.3) is 0 Å². The number of carbonyl (C=O) groups is 1. The summed E-state index contributed by atoms with van der Waals surface area (Å²) >= 11 is 0. The third-order valence-corrected chi connectivity index (χ3v) is 4.66. The molecule has 0 atom stereocenters. The van der Waals surface area contributed by atoms with Gasteiger partial charge in [-0.05, 0) is 37.0 Å². The van der Waals surface area contributed by atoms with Crippen LogP contribution in [0, 0.1) is 5.41 Å². The van der Waals surface area contributed by atoms with Gasteiger partial charge in [-0.1, -0.05) is 39.8 Å². The van der Waals surface area contributed by atoms with E-state index in [4.69, 9.17) is 0 Å². The molecule has 0 spiro atoms. The van der Waals surface area contributed by atoms with Crippen molar-refractivity contribution in [3.8, 4) is 0 Å². The molecule has 1 aliphatic heterocycles. The summed E-state index contributed by atoms with van der Waals surface area (Å²) in [6.07, 6.45) is 3.18. The van der Waals surface area contributed by atoms with Crippen molar-refractivity contribution >= 4 is 11.6 Å². The highest BCUT2D eigenvalue weighted by Crippen LogP contribution is 2.26. The molecule has 1 aliphatic rings. The molecular weight excluding hydrogens is 272 g/mol. The molecule has 0 bridgehead atoms. The summed E-state index contributed by atoms with van der Waals surface area (Å²) < 4.78 is 0. The first kappa shape index (κ1) is 16.9. The van der Waals surface area contributed by atoms with Crippen molar-refractivity contribution < 1.29 is 4.79 Å². The molecule has 0 aromatic heterocycles. The smallest absolute Gasteiger partial charge is 0.227 e. The molecule has 0 unspecified atom stereocenters. The average Bonchev–Trinajstić information content (AvgIpc) is 2.53. The van der Waals surface area contributed by atoms with Crippen LogP contribution >= 0.6 is 0 Å². The number of nitrogens with zero attached hydrogens (tertiary/aromatic N) is 2. The Hall–Kier alpha value is -1.51. The topological polar surface area (TPSA) is 23.6 Å². The minimum Gasteiger partial charge on any atom is -0.371 e. The van der Waals surface area contributed by atoms with E-state index in [2.05, 4.69) is 36.1 Å². The largest absolute Gasteiger partial charge is 0.371 e. The number of hydrogen-bond donors (Lipinski definition) is 0. The standard InChI is InChI=1S/C19H30N2O/c1-6-15-8-7-9-17(14-15)21-12-10-16(11-13-21)20(5)18(22)19(2,3)4/h7-9,14,16H,6,10-13H2,1-5H3. The van der Waals surface area contributed by atoms with Gasteiger partial charge in [-0.25, -0.2) is 0 Å². The second-order valence-electron chi connectivity index (χ2n) is 7.41. The van der Waals surface area contributed by atoms with Crippen LogP contribution in [-0.4, -0.2) is 37.0 Å². The Morgan fingerprint density at radius 1 is 1.27 bits per heavy atom. The Kier molecular flexibility index (Phi) is 5.15. The van der Waals surface area contributed by atoms with Crippen LogP contribution < -0.4 is 4.90 Å². The van der Waals surface area contributed by atoms with Gasteiger partial charge in [0.15, 0.2) is 0 Å². The van der Waals surface area contributed by atoms with Crippen LogP contribution in [0.15, 0.2) is 24.3 Å². The van der Waals surface area contributed by atoms with Crippen LogP contribution in [-0.2, 0) is 11.2 Å². The van der Waals surface area contributed by atoms with Crippen molar-refractivity contribution in [1.29, 1.82) is 0 Å². The SMILES string of the molecule is CCc1cccc(N2CCC(N(C)C(=O)C(C)(C)C)CC2)c1. The summed E-state index contributed by atoms with van der Waals surface area (Å²) in [5.41, 5.74) is 2.42. The second kappa shape index (κ2) is 6.72. The zero-order chi connectivity index (χ0) is 16.3. The maximum atomic E-state index is 12.4. The zero-order valence-corrected chi connectivity index (χ0v) is 14.7. The Bertz CT molecular complexity index is 510. The van der Waals surface area contributed by atoms with Gasteiger partial charge in [-0.2, -0.15) is 0 Å². The van der Waals surface area contributed by atoms with E-state index in [9.17, 15) is 4.79 Å². The molecule has 0 saturated carbocycles. The monoisotopic (exact) mass is 302 g/mol. The zero-order valence-electron chi connectivity index (χ0n) is 14.7. The molecule has 2 rings (SSSR count). The van der Waals surface area contributed by atoms with E-state index in [0.29, 0.717) is 6.04 Å². The van der Waals surface area contributed by atoms with E-state index in [-0.39, 0.29) is 11.3 Å². The number of hydrogen-bond acceptors (Lipinski definition) is 2. The highest BCUT2D eigenvalue weighted by Gasteiger charge is 2.31. The molecule has 1 aromatic rings. The van der Waals surface area contributed by atoms with Gasteiger partial charge < -0.3 is 9.80 Å². The third kappa shape index (κ3) is 3.82. The summed E-state index contributed by atoms with van der Waals surface area (Å²) in [5, 5.41) is 0. The Morgan fingerprint density at radius 2 is 1.91 bits per heavy atom. The van der Waals surface area contributed by atoms with Crippen molar-refractivity contribution in [2.45, 2.75) is 53.0 Å². The van der Waals surface area contributed by atoms with Crippen molar-refractivity contribution in [3.63, 3.8) is 0 Å². The fraction of sp³-hybridized carbons (Fsp3) is 0.632.